The van der Waals surface area contributed by atoms with Gasteiger partial charge in [-0.2, -0.15) is 0 Å². The van der Waals surface area contributed by atoms with E-state index in [1.165, 1.54) is 6.20 Å². The molecule has 9 nitrogen and oxygen atoms in total. The van der Waals surface area contributed by atoms with Gasteiger partial charge in [0.1, 0.15) is 5.82 Å². The third-order valence-electron chi connectivity index (χ3n) is 4.48. The van der Waals surface area contributed by atoms with Crippen LogP contribution in [0, 0.1) is 6.92 Å². The van der Waals surface area contributed by atoms with E-state index in [1.54, 1.807) is 23.4 Å². The summed E-state index contributed by atoms with van der Waals surface area (Å²) >= 11 is 0. The lowest BCUT2D eigenvalue weighted by molar-refractivity contribution is -0.153. The van der Waals surface area contributed by atoms with Crippen LogP contribution in [-0.4, -0.2) is 53.9 Å². The fourth-order valence-electron chi connectivity index (χ4n) is 2.65. The molecule has 0 unspecified atom stereocenters. The maximum Gasteiger partial charge on any atom is 0.307 e. The Morgan fingerprint density at radius 1 is 1.23 bits per heavy atom. The molecule has 0 saturated carbocycles. The van der Waals surface area contributed by atoms with E-state index in [0.717, 1.165) is 5.56 Å². The molecular formula is C20H28N4O5S. The van der Waals surface area contributed by atoms with Crippen molar-refractivity contribution in [3.8, 4) is 0 Å². The zero-order valence-corrected chi connectivity index (χ0v) is 18.5. The lowest BCUT2D eigenvalue weighted by Gasteiger charge is -2.26. The minimum absolute atomic E-state index is 0.0648. The van der Waals surface area contributed by atoms with Crippen LogP contribution in [0.15, 0.2) is 41.6 Å². The molecule has 1 aromatic heterocycles. The van der Waals surface area contributed by atoms with Gasteiger partial charge in [0.2, 0.25) is 0 Å². The highest BCUT2D eigenvalue weighted by Gasteiger charge is 2.21. The maximum atomic E-state index is 12.5. The first kappa shape index (κ1) is 23.6. The van der Waals surface area contributed by atoms with Crippen LogP contribution in [0.25, 0.3) is 0 Å². The third kappa shape index (κ3) is 6.67. The number of hydrogen-bond donors (Lipinski definition) is 1. The van der Waals surface area contributed by atoms with Crippen LogP contribution < -0.4 is 4.72 Å². The summed E-state index contributed by atoms with van der Waals surface area (Å²) in [6.45, 7) is 5.33. The Morgan fingerprint density at radius 3 is 2.47 bits per heavy atom. The number of aryl methyl sites for hydroxylation is 2. The molecule has 0 aliphatic carbocycles. The first-order chi connectivity index (χ1) is 14.1. The summed E-state index contributed by atoms with van der Waals surface area (Å²) < 4.78 is 33.3. The summed E-state index contributed by atoms with van der Waals surface area (Å²) in [5.74, 6) is -0.420. The molecule has 164 valence electrons. The van der Waals surface area contributed by atoms with Crippen LogP contribution in [0.3, 0.4) is 0 Å². The topological polar surface area (TPSA) is 111 Å². The lowest BCUT2D eigenvalue weighted by Crippen LogP contribution is -2.39. The first-order valence-corrected chi connectivity index (χ1v) is 11.1. The van der Waals surface area contributed by atoms with Crippen molar-refractivity contribution >= 4 is 21.9 Å². The van der Waals surface area contributed by atoms with Crippen molar-refractivity contribution in [3.63, 3.8) is 0 Å². The predicted molar refractivity (Wildman–Crippen MR) is 111 cm³/mol. The van der Waals surface area contributed by atoms with Crippen molar-refractivity contribution in [2.45, 2.75) is 44.8 Å². The van der Waals surface area contributed by atoms with Gasteiger partial charge >= 0.3 is 5.97 Å². The van der Waals surface area contributed by atoms with Crippen molar-refractivity contribution in [2.75, 3.05) is 13.2 Å². The molecule has 0 saturated heterocycles. The number of ether oxygens (including phenoxy) is 1. The van der Waals surface area contributed by atoms with Crippen molar-refractivity contribution < 1.29 is 22.7 Å². The van der Waals surface area contributed by atoms with Gasteiger partial charge in [-0.05, 0) is 26.3 Å². The monoisotopic (exact) mass is 436 g/mol. The van der Waals surface area contributed by atoms with Gasteiger partial charge < -0.3 is 14.2 Å². The summed E-state index contributed by atoms with van der Waals surface area (Å²) in [6.07, 6.45) is 1.20. The Morgan fingerprint density at radius 2 is 1.90 bits per heavy atom. The van der Waals surface area contributed by atoms with E-state index in [-0.39, 0.29) is 29.9 Å². The standard InChI is InChI=1S/C20H28N4O5S/c1-15(2)24(12-17-8-6-5-7-9-17)19(25)14-29-20(26)10-11-21-30(27,28)18-13-23(4)16(3)22-18/h5-9,13,15,21H,10-12,14H2,1-4H3. The van der Waals surface area contributed by atoms with Crippen LogP contribution in [0.2, 0.25) is 0 Å². The van der Waals surface area contributed by atoms with Crippen molar-refractivity contribution in [3.05, 3.63) is 47.9 Å². The molecule has 0 atom stereocenters. The van der Waals surface area contributed by atoms with Gasteiger partial charge in [-0.3, -0.25) is 9.59 Å². The van der Waals surface area contributed by atoms with E-state index in [0.29, 0.717) is 12.4 Å². The summed E-state index contributed by atoms with van der Waals surface area (Å²) in [5, 5.41) is -0.112. The largest absolute Gasteiger partial charge is 0.456 e. The van der Waals surface area contributed by atoms with Gasteiger partial charge in [0.15, 0.2) is 11.6 Å². The van der Waals surface area contributed by atoms with Gasteiger partial charge in [-0.25, -0.2) is 18.1 Å². The number of amides is 1. The number of aromatic nitrogens is 2. The second-order valence-corrected chi connectivity index (χ2v) is 8.86. The van der Waals surface area contributed by atoms with Gasteiger partial charge in [-0.1, -0.05) is 30.3 Å². The second-order valence-electron chi connectivity index (χ2n) is 7.15. The highest BCUT2D eigenvalue weighted by molar-refractivity contribution is 7.89. The number of esters is 1. The molecule has 0 spiro atoms. The first-order valence-electron chi connectivity index (χ1n) is 9.59. The molecular weight excluding hydrogens is 408 g/mol. The van der Waals surface area contributed by atoms with Crippen molar-refractivity contribution in [1.82, 2.24) is 19.2 Å². The van der Waals surface area contributed by atoms with Crippen LogP contribution in [-0.2, 0) is 37.9 Å². The van der Waals surface area contributed by atoms with Crippen LogP contribution in [0.4, 0.5) is 0 Å². The minimum Gasteiger partial charge on any atom is -0.456 e. The fraction of sp³-hybridized carbons (Fsp3) is 0.450. The quantitative estimate of drug-likeness (QED) is 0.564. The number of carbonyl (C=O) groups is 2. The van der Waals surface area contributed by atoms with Crippen molar-refractivity contribution in [1.29, 1.82) is 0 Å². The van der Waals surface area contributed by atoms with Gasteiger partial charge in [0.25, 0.3) is 15.9 Å². The van der Waals surface area contributed by atoms with E-state index in [9.17, 15) is 18.0 Å². The van der Waals surface area contributed by atoms with Crippen LogP contribution in [0.1, 0.15) is 31.7 Å². The highest BCUT2D eigenvalue weighted by Crippen LogP contribution is 2.09. The summed E-state index contributed by atoms with van der Waals surface area (Å²) in [4.78, 5) is 30.0. The van der Waals surface area contributed by atoms with E-state index >= 15 is 0 Å². The summed E-state index contributed by atoms with van der Waals surface area (Å²) in [5.41, 5.74) is 0.977. The number of sulfonamides is 1. The Balaban J connectivity index is 1.80. The normalized spacial score (nSPS) is 11.5. The summed E-state index contributed by atoms with van der Waals surface area (Å²) in [7, 11) is -2.12. The number of nitrogens with one attached hydrogen (secondary N) is 1. The molecule has 10 heteroatoms. The molecule has 1 heterocycles. The molecule has 0 aliphatic rings. The van der Waals surface area contributed by atoms with Gasteiger partial charge in [0, 0.05) is 32.4 Å². The lowest BCUT2D eigenvalue weighted by atomic mass is 10.2. The molecule has 2 rings (SSSR count). The average molecular weight is 437 g/mol. The molecule has 30 heavy (non-hydrogen) atoms. The number of hydrogen-bond acceptors (Lipinski definition) is 6. The van der Waals surface area contributed by atoms with Crippen LogP contribution in [0.5, 0.6) is 0 Å². The molecule has 2 aromatic rings. The highest BCUT2D eigenvalue weighted by atomic mass is 32.2. The predicted octanol–water partition coefficient (Wildman–Crippen LogP) is 1.38. The molecule has 0 fully saturated rings. The SMILES string of the molecule is Cc1nc(S(=O)(=O)NCCC(=O)OCC(=O)N(Cc2ccccc2)C(C)C)cn1C. The third-order valence-corrected chi connectivity index (χ3v) is 5.81. The molecule has 1 N–H and O–H groups in total. The van der Waals surface area contributed by atoms with E-state index in [4.69, 9.17) is 4.74 Å². The average Bonchev–Trinajstić information content (AvgIpc) is 3.04. The van der Waals surface area contributed by atoms with Crippen molar-refractivity contribution in [2.24, 2.45) is 7.05 Å². The van der Waals surface area contributed by atoms with E-state index in [2.05, 4.69) is 9.71 Å². The van der Waals surface area contributed by atoms with Crippen LogP contribution >= 0.6 is 0 Å². The molecule has 0 aliphatic heterocycles. The second kappa shape index (κ2) is 10.4. The molecule has 1 amide bonds. The molecule has 1 aromatic carbocycles. The number of nitrogens with zero attached hydrogens (tertiary/aromatic N) is 3. The molecule has 0 bridgehead atoms. The number of rotatable bonds is 10. The Kier molecular flexibility index (Phi) is 8.13. The fourth-order valence-corrected chi connectivity index (χ4v) is 3.72. The zero-order valence-electron chi connectivity index (χ0n) is 17.7. The van der Waals surface area contributed by atoms with E-state index in [1.807, 2.05) is 44.2 Å². The number of benzene rings is 1. The minimum atomic E-state index is -3.81. The van der Waals surface area contributed by atoms with Gasteiger partial charge in [0.05, 0.1) is 6.42 Å². The molecule has 0 radical (unpaired) electrons. The van der Waals surface area contributed by atoms with Gasteiger partial charge in [-0.15, -0.1) is 0 Å². The summed E-state index contributed by atoms with van der Waals surface area (Å²) in [6, 6.07) is 9.46. The number of carbonyl (C=O) groups excluding carboxylic acids is 2. The Bertz CT molecular complexity index is 951. The number of imidazole rings is 1. The zero-order chi connectivity index (χ0) is 22.3. The Hall–Kier alpha value is -2.72. The van der Waals surface area contributed by atoms with E-state index < -0.39 is 22.6 Å². The smallest absolute Gasteiger partial charge is 0.307 e. The Labute approximate surface area is 177 Å². The maximum absolute atomic E-state index is 12.5.